The third-order valence-electron chi connectivity index (χ3n) is 5.05. The number of anilines is 1. The molecule has 0 bridgehead atoms. The van der Waals surface area contributed by atoms with E-state index in [1.165, 1.54) is 0 Å². The van der Waals surface area contributed by atoms with Crippen molar-refractivity contribution < 1.29 is 14.3 Å². The maximum absolute atomic E-state index is 12.5. The van der Waals surface area contributed by atoms with Crippen molar-refractivity contribution in [1.82, 2.24) is 4.48 Å². The zero-order valence-corrected chi connectivity index (χ0v) is 19.0. The van der Waals surface area contributed by atoms with E-state index < -0.39 is 0 Å². The predicted molar refractivity (Wildman–Crippen MR) is 128 cm³/mol. The lowest BCUT2D eigenvalue weighted by Crippen LogP contribution is -2.51. The van der Waals surface area contributed by atoms with Gasteiger partial charge >= 0.3 is 0 Å². The number of carbonyl (C=O) groups is 1. The fourth-order valence-corrected chi connectivity index (χ4v) is 3.30. The molecule has 6 heteroatoms. The molecular weight excluding hydrogens is 396 g/mol. The Balaban J connectivity index is 2.06. The number of nitrogens with zero attached hydrogens (tertiary/aromatic N) is 1. The van der Waals surface area contributed by atoms with Gasteiger partial charge in [-0.15, -0.1) is 0 Å². The van der Waals surface area contributed by atoms with Crippen LogP contribution in [0, 0.1) is 0 Å². The Hall–Kier alpha value is -2.12. The summed E-state index contributed by atoms with van der Waals surface area (Å²) in [7, 11) is 2.09. The monoisotopic (exact) mass is 429 g/mol. The number of benzene rings is 2. The van der Waals surface area contributed by atoms with Crippen LogP contribution in [-0.4, -0.2) is 44.5 Å². The van der Waals surface area contributed by atoms with Crippen molar-refractivity contribution in [3.05, 3.63) is 60.2 Å². The number of quaternary nitrogens is 1. The number of amides is 1. The third kappa shape index (κ3) is 6.99. The van der Waals surface area contributed by atoms with Crippen LogP contribution in [0.3, 0.4) is 0 Å². The maximum atomic E-state index is 12.5. The number of rotatable bonds is 12. The van der Waals surface area contributed by atoms with E-state index in [4.69, 9.17) is 21.7 Å². The minimum atomic E-state index is -0.132. The Bertz CT molecular complexity index is 813. The second-order valence-electron chi connectivity index (χ2n) is 7.32. The molecule has 0 fully saturated rings. The van der Waals surface area contributed by atoms with Gasteiger partial charge in [0, 0.05) is 30.3 Å². The molecule has 1 N–H and O–H groups in total. The van der Waals surface area contributed by atoms with Gasteiger partial charge in [0.2, 0.25) is 0 Å². The molecule has 1 atom stereocenters. The van der Waals surface area contributed by atoms with Crippen LogP contribution in [0.2, 0.25) is 0 Å². The van der Waals surface area contributed by atoms with Gasteiger partial charge in [-0.1, -0.05) is 44.5 Å². The van der Waals surface area contributed by atoms with Crippen LogP contribution in [0.5, 0.6) is 0 Å². The fourth-order valence-electron chi connectivity index (χ4n) is 3.10. The molecule has 2 aromatic carbocycles. The Morgan fingerprint density at radius 3 is 2.47 bits per heavy atom. The standard InChI is InChI=1S/C24H32N2O3S/c1-4-6-16-28-19-29-17-15-26(3,23(30)5-2)22-14-10-13-21(18-22)25-24(27)20-11-8-7-9-12-20/h7-14,18H,4-6,15-17,19H2,1-3H3/p+1. The molecule has 5 nitrogen and oxygen atoms in total. The number of likely N-dealkylation sites (N-methyl/N-ethyl adjacent to an activating group) is 1. The normalized spacial score (nSPS) is 12.9. The lowest BCUT2D eigenvalue weighted by atomic mass is 10.2. The summed E-state index contributed by atoms with van der Waals surface area (Å²) in [5.41, 5.74) is 2.39. The number of carbonyl (C=O) groups excluding carboxylic acids is 1. The first-order valence-electron chi connectivity index (χ1n) is 10.5. The Morgan fingerprint density at radius 2 is 1.77 bits per heavy atom. The van der Waals surface area contributed by atoms with E-state index in [0.717, 1.165) is 42.2 Å². The van der Waals surface area contributed by atoms with Crippen molar-refractivity contribution in [2.75, 3.05) is 38.9 Å². The smallest absolute Gasteiger partial charge is 0.255 e. The van der Waals surface area contributed by atoms with Gasteiger partial charge in [-0.05, 0) is 42.9 Å². The zero-order chi connectivity index (χ0) is 21.8. The number of ether oxygens (including phenoxy) is 2. The van der Waals surface area contributed by atoms with Gasteiger partial charge in [-0.2, -0.15) is 0 Å². The van der Waals surface area contributed by atoms with Gasteiger partial charge in [0.25, 0.3) is 5.91 Å². The van der Waals surface area contributed by atoms with Gasteiger partial charge in [0.05, 0.1) is 13.7 Å². The van der Waals surface area contributed by atoms with Crippen molar-refractivity contribution in [1.29, 1.82) is 0 Å². The molecule has 0 aliphatic rings. The Kier molecular flexibility index (Phi) is 10.1. The highest BCUT2D eigenvalue weighted by Gasteiger charge is 2.30. The third-order valence-corrected chi connectivity index (χ3v) is 5.75. The van der Waals surface area contributed by atoms with Gasteiger partial charge in [-0.25, -0.2) is 0 Å². The molecule has 0 spiro atoms. The number of hydrogen-bond acceptors (Lipinski definition) is 4. The van der Waals surface area contributed by atoms with Crippen molar-refractivity contribution in [2.45, 2.75) is 33.1 Å². The minimum absolute atomic E-state index is 0.132. The van der Waals surface area contributed by atoms with E-state index >= 15 is 0 Å². The Morgan fingerprint density at radius 1 is 1.03 bits per heavy atom. The second kappa shape index (κ2) is 12.5. The van der Waals surface area contributed by atoms with Crippen molar-refractivity contribution in [2.24, 2.45) is 0 Å². The summed E-state index contributed by atoms with van der Waals surface area (Å²) in [6.45, 7) is 6.44. The van der Waals surface area contributed by atoms with E-state index in [1.807, 2.05) is 42.5 Å². The molecular formula is C24H33N2O3S+. The SMILES string of the molecule is CCCCOCOCC[N+](C)(C(=S)CC)c1cccc(NC(=O)c2ccccc2)c1. The summed E-state index contributed by atoms with van der Waals surface area (Å²) < 4.78 is 11.6. The Labute approximate surface area is 185 Å². The number of hydrogen-bond donors (Lipinski definition) is 1. The van der Waals surface area contributed by atoms with Crippen LogP contribution in [0.15, 0.2) is 54.6 Å². The highest BCUT2D eigenvalue weighted by Crippen LogP contribution is 2.27. The summed E-state index contributed by atoms with van der Waals surface area (Å²) in [6.07, 6.45) is 2.93. The molecule has 1 unspecified atom stereocenters. The van der Waals surface area contributed by atoms with E-state index in [2.05, 4.69) is 26.2 Å². The maximum Gasteiger partial charge on any atom is 0.255 e. The number of unbranched alkanes of at least 4 members (excludes halogenated alkanes) is 1. The first-order valence-corrected chi connectivity index (χ1v) is 10.9. The van der Waals surface area contributed by atoms with Crippen LogP contribution >= 0.6 is 12.2 Å². The largest absolute Gasteiger partial charge is 0.355 e. The highest BCUT2D eigenvalue weighted by molar-refractivity contribution is 7.80. The first kappa shape index (κ1) is 24.2. The molecule has 2 aromatic rings. The molecule has 0 aliphatic carbocycles. The number of nitrogens with one attached hydrogen (secondary N) is 1. The van der Waals surface area contributed by atoms with Crippen LogP contribution in [0.1, 0.15) is 43.5 Å². The summed E-state index contributed by atoms with van der Waals surface area (Å²) in [4.78, 5) is 13.4. The van der Waals surface area contributed by atoms with E-state index in [1.54, 1.807) is 12.1 Å². The zero-order valence-electron chi connectivity index (χ0n) is 18.2. The molecule has 0 aromatic heterocycles. The van der Waals surface area contributed by atoms with Gasteiger partial charge in [0.15, 0.2) is 4.99 Å². The van der Waals surface area contributed by atoms with Crippen molar-refractivity contribution in [3.63, 3.8) is 0 Å². The van der Waals surface area contributed by atoms with Gasteiger partial charge in [0.1, 0.15) is 19.0 Å². The molecule has 0 saturated carbocycles. The van der Waals surface area contributed by atoms with Crippen LogP contribution < -0.4 is 9.80 Å². The molecule has 0 radical (unpaired) electrons. The topological polar surface area (TPSA) is 47.6 Å². The number of thiocarbonyl (C=S) groups is 1. The summed E-state index contributed by atoms with van der Waals surface area (Å²) in [5.74, 6) is -0.132. The second-order valence-corrected chi connectivity index (χ2v) is 7.79. The van der Waals surface area contributed by atoms with E-state index in [-0.39, 0.29) is 5.91 Å². The first-order chi connectivity index (χ1) is 14.5. The van der Waals surface area contributed by atoms with E-state index in [9.17, 15) is 4.79 Å². The molecule has 30 heavy (non-hydrogen) atoms. The summed E-state index contributed by atoms with van der Waals surface area (Å²) in [5, 5.41) is 2.98. The van der Waals surface area contributed by atoms with E-state index in [0.29, 0.717) is 30.0 Å². The quantitative estimate of drug-likeness (QED) is 0.212. The van der Waals surface area contributed by atoms with Gasteiger partial charge < -0.3 is 14.8 Å². The van der Waals surface area contributed by atoms with Crippen LogP contribution in [-0.2, 0) is 9.47 Å². The predicted octanol–water partition coefficient (Wildman–Crippen LogP) is 5.40. The molecule has 162 valence electrons. The van der Waals surface area contributed by atoms with Gasteiger partial charge in [-0.3, -0.25) is 9.28 Å². The molecule has 0 saturated heterocycles. The minimum Gasteiger partial charge on any atom is -0.355 e. The van der Waals surface area contributed by atoms with Crippen molar-refractivity contribution >= 4 is 34.5 Å². The average Bonchev–Trinajstić information content (AvgIpc) is 2.78. The van der Waals surface area contributed by atoms with Crippen molar-refractivity contribution in [3.8, 4) is 0 Å². The lowest BCUT2D eigenvalue weighted by molar-refractivity contribution is -0.0554. The summed E-state index contributed by atoms with van der Waals surface area (Å²) >= 11 is 5.71. The molecule has 1 amide bonds. The highest BCUT2D eigenvalue weighted by atomic mass is 32.1. The fraction of sp³-hybridized carbons (Fsp3) is 0.417. The van der Waals surface area contributed by atoms with Crippen LogP contribution in [0.25, 0.3) is 0 Å². The van der Waals surface area contributed by atoms with Crippen LogP contribution in [0.4, 0.5) is 11.4 Å². The average molecular weight is 430 g/mol. The molecule has 2 rings (SSSR count). The summed E-state index contributed by atoms with van der Waals surface area (Å²) in [6, 6.07) is 17.1. The molecule has 0 heterocycles. The lowest BCUT2D eigenvalue weighted by Gasteiger charge is -2.33. The molecule has 0 aliphatic heterocycles.